The summed E-state index contributed by atoms with van der Waals surface area (Å²) in [5.41, 5.74) is 0. The van der Waals surface area contributed by atoms with Crippen LogP contribution in [0.2, 0.25) is 0 Å². The third-order valence-electron chi connectivity index (χ3n) is 4.05. The summed E-state index contributed by atoms with van der Waals surface area (Å²) in [5, 5.41) is -0.411. The van der Waals surface area contributed by atoms with Crippen LogP contribution < -0.4 is 0 Å². The smallest absolute Gasteiger partial charge is 0.320 e. The van der Waals surface area contributed by atoms with E-state index in [1.54, 1.807) is 16.8 Å². The van der Waals surface area contributed by atoms with E-state index >= 15 is 0 Å². The second-order valence-electron chi connectivity index (χ2n) is 5.29. The van der Waals surface area contributed by atoms with Gasteiger partial charge in [0.15, 0.2) is 9.84 Å². The largest absolute Gasteiger partial charge is 0.325 e. The molecule has 2 amide bonds. The van der Waals surface area contributed by atoms with Gasteiger partial charge >= 0.3 is 6.03 Å². The van der Waals surface area contributed by atoms with E-state index in [0.717, 1.165) is 19.3 Å². The quantitative estimate of drug-likeness (QED) is 0.792. The number of hydrogen-bond acceptors (Lipinski definition) is 3. The van der Waals surface area contributed by atoms with E-state index in [-0.39, 0.29) is 12.1 Å². The Hall–Kier alpha value is -0.780. The number of carbonyl (C=O) groups is 1. The SMILES string of the molecule is CCN(CC)C(=O)N(C)[C@H]1CCCC[C@@H]1S(C)(=O)=O. The van der Waals surface area contributed by atoms with E-state index in [4.69, 9.17) is 0 Å². The summed E-state index contributed by atoms with van der Waals surface area (Å²) >= 11 is 0. The minimum absolute atomic E-state index is 0.0643. The van der Waals surface area contributed by atoms with Crippen molar-refractivity contribution < 1.29 is 13.2 Å². The zero-order valence-electron chi connectivity index (χ0n) is 12.4. The van der Waals surface area contributed by atoms with Crippen molar-refractivity contribution in [3.05, 3.63) is 0 Å². The van der Waals surface area contributed by atoms with Crippen molar-refractivity contribution in [1.29, 1.82) is 0 Å². The molecule has 0 saturated heterocycles. The Labute approximate surface area is 116 Å². The summed E-state index contributed by atoms with van der Waals surface area (Å²) in [6.45, 7) is 5.17. The number of sulfone groups is 1. The molecule has 0 aromatic carbocycles. The van der Waals surface area contributed by atoms with Crippen molar-refractivity contribution in [1.82, 2.24) is 9.80 Å². The minimum atomic E-state index is -3.11. The van der Waals surface area contributed by atoms with Crippen LogP contribution in [0.1, 0.15) is 39.5 Å². The molecule has 0 aliphatic heterocycles. The molecule has 6 heteroatoms. The molecule has 0 aromatic heterocycles. The molecule has 1 saturated carbocycles. The first kappa shape index (κ1) is 16.3. The van der Waals surface area contributed by atoms with Gasteiger partial charge in [0.2, 0.25) is 0 Å². The van der Waals surface area contributed by atoms with Crippen LogP contribution in [-0.2, 0) is 9.84 Å². The van der Waals surface area contributed by atoms with Crippen molar-refractivity contribution in [3.63, 3.8) is 0 Å². The Kier molecular flexibility index (Phi) is 5.64. The van der Waals surface area contributed by atoms with Crippen LogP contribution in [0.3, 0.4) is 0 Å². The summed E-state index contributed by atoms with van der Waals surface area (Å²) in [7, 11) is -1.37. The van der Waals surface area contributed by atoms with Gasteiger partial charge in [-0.05, 0) is 26.7 Å². The maximum atomic E-state index is 12.3. The van der Waals surface area contributed by atoms with Gasteiger partial charge in [0.25, 0.3) is 0 Å². The normalized spacial score (nSPS) is 24.0. The van der Waals surface area contributed by atoms with Crippen molar-refractivity contribution in [3.8, 4) is 0 Å². The third-order valence-corrected chi connectivity index (χ3v) is 5.70. The highest BCUT2D eigenvalue weighted by Crippen LogP contribution is 2.27. The van der Waals surface area contributed by atoms with Gasteiger partial charge in [0, 0.05) is 32.4 Å². The lowest BCUT2D eigenvalue weighted by atomic mass is 9.94. The van der Waals surface area contributed by atoms with Gasteiger partial charge in [0.1, 0.15) is 0 Å². The first-order valence-corrected chi connectivity index (χ1v) is 8.99. The zero-order chi connectivity index (χ0) is 14.6. The van der Waals surface area contributed by atoms with Crippen LogP contribution in [0.4, 0.5) is 4.79 Å². The van der Waals surface area contributed by atoms with E-state index in [0.29, 0.717) is 19.5 Å². The average molecular weight is 290 g/mol. The zero-order valence-corrected chi connectivity index (χ0v) is 13.2. The highest BCUT2D eigenvalue weighted by Gasteiger charge is 2.37. The standard InChI is InChI=1S/C13H26N2O3S/c1-5-15(6-2)13(16)14(3)11-9-7-8-10-12(11)19(4,17)18/h11-12H,5-10H2,1-4H3/t11-,12-/m0/s1. The summed E-state index contributed by atoms with van der Waals surface area (Å²) in [6, 6.07) is -0.248. The first-order chi connectivity index (χ1) is 8.82. The molecule has 1 fully saturated rings. The topological polar surface area (TPSA) is 57.7 Å². The second kappa shape index (κ2) is 6.59. The highest BCUT2D eigenvalue weighted by molar-refractivity contribution is 7.91. The number of nitrogens with zero attached hydrogens (tertiary/aromatic N) is 2. The van der Waals surface area contributed by atoms with Crippen molar-refractivity contribution in [2.24, 2.45) is 0 Å². The summed E-state index contributed by atoms with van der Waals surface area (Å²) in [5.74, 6) is 0. The molecule has 0 bridgehead atoms. The fraction of sp³-hybridized carbons (Fsp3) is 0.923. The molecule has 19 heavy (non-hydrogen) atoms. The molecule has 1 aliphatic rings. The monoisotopic (exact) mass is 290 g/mol. The predicted octanol–water partition coefficient (Wildman–Crippen LogP) is 1.74. The number of carbonyl (C=O) groups excluding carboxylic acids is 1. The molecule has 0 heterocycles. The lowest BCUT2D eigenvalue weighted by Gasteiger charge is -2.39. The fourth-order valence-electron chi connectivity index (χ4n) is 2.88. The van der Waals surface area contributed by atoms with Gasteiger partial charge < -0.3 is 9.80 Å². The van der Waals surface area contributed by atoms with Crippen LogP contribution in [-0.4, -0.2) is 61.9 Å². The Morgan fingerprint density at radius 1 is 1.16 bits per heavy atom. The molecule has 1 rings (SSSR count). The Morgan fingerprint density at radius 2 is 1.68 bits per heavy atom. The van der Waals surface area contributed by atoms with E-state index in [9.17, 15) is 13.2 Å². The Bertz CT molecular complexity index is 404. The van der Waals surface area contributed by atoms with Crippen LogP contribution in [0.5, 0.6) is 0 Å². The lowest BCUT2D eigenvalue weighted by molar-refractivity contribution is 0.139. The molecular weight excluding hydrogens is 264 g/mol. The second-order valence-corrected chi connectivity index (χ2v) is 7.55. The number of rotatable bonds is 4. The maximum Gasteiger partial charge on any atom is 0.320 e. The summed E-state index contributed by atoms with van der Waals surface area (Å²) in [6.07, 6.45) is 4.65. The van der Waals surface area contributed by atoms with Crippen LogP contribution in [0, 0.1) is 0 Å². The van der Waals surface area contributed by atoms with E-state index in [1.165, 1.54) is 6.26 Å². The number of amides is 2. The van der Waals surface area contributed by atoms with Gasteiger partial charge in [-0.25, -0.2) is 13.2 Å². The van der Waals surface area contributed by atoms with E-state index in [2.05, 4.69) is 0 Å². The molecule has 0 spiro atoms. The maximum absolute atomic E-state index is 12.3. The number of hydrogen-bond donors (Lipinski definition) is 0. The van der Waals surface area contributed by atoms with E-state index < -0.39 is 15.1 Å². The van der Waals surface area contributed by atoms with Crippen molar-refractivity contribution in [2.45, 2.75) is 50.8 Å². The number of urea groups is 1. The molecule has 5 nitrogen and oxygen atoms in total. The molecule has 0 N–H and O–H groups in total. The van der Waals surface area contributed by atoms with Gasteiger partial charge in [0.05, 0.1) is 5.25 Å². The van der Waals surface area contributed by atoms with Crippen LogP contribution in [0.15, 0.2) is 0 Å². The Morgan fingerprint density at radius 3 is 2.16 bits per heavy atom. The molecule has 1 aliphatic carbocycles. The highest BCUT2D eigenvalue weighted by atomic mass is 32.2. The van der Waals surface area contributed by atoms with Crippen molar-refractivity contribution >= 4 is 15.9 Å². The van der Waals surface area contributed by atoms with Gasteiger partial charge in [-0.1, -0.05) is 12.8 Å². The molecule has 2 atom stereocenters. The van der Waals surface area contributed by atoms with Crippen LogP contribution in [0.25, 0.3) is 0 Å². The molecule has 0 radical (unpaired) electrons. The lowest BCUT2D eigenvalue weighted by Crippen LogP contribution is -2.53. The summed E-state index contributed by atoms with van der Waals surface area (Å²) in [4.78, 5) is 15.7. The average Bonchev–Trinajstić information content (AvgIpc) is 2.38. The first-order valence-electron chi connectivity index (χ1n) is 7.03. The molecule has 0 aromatic rings. The molecule has 0 unspecified atom stereocenters. The van der Waals surface area contributed by atoms with Crippen LogP contribution >= 0.6 is 0 Å². The van der Waals surface area contributed by atoms with Crippen molar-refractivity contribution in [2.75, 3.05) is 26.4 Å². The molecular formula is C13H26N2O3S. The van der Waals surface area contributed by atoms with E-state index in [1.807, 2.05) is 13.8 Å². The fourth-order valence-corrected chi connectivity index (χ4v) is 4.36. The third kappa shape index (κ3) is 3.84. The summed E-state index contributed by atoms with van der Waals surface area (Å²) < 4.78 is 23.8. The Balaban J connectivity index is 2.89. The van der Waals surface area contributed by atoms with Gasteiger partial charge in [-0.3, -0.25) is 0 Å². The predicted molar refractivity (Wildman–Crippen MR) is 77.0 cm³/mol. The van der Waals surface area contributed by atoms with Gasteiger partial charge in [-0.2, -0.15) is 0 Å². The molecule has 112 valence electrons. The minimum Gasteiger partial charge on any atom is -0.325 e. The van der Waals surface area contributed by atoms with Gasteiger partial charge in [-0.15, -0.1) is 0 Å².